The molecule has 3 aromatic rings. The third kappa shape index (κ3) is 5.10. The summed E-state index contributed by atoms with van der Waals surface area (Å²) in [6, 6.07) is 10.4. The molecule has 1 N–H and O–H groups in total. The largest absolute Gasteiger partial charge is 0.338 e. The zero-order chi connectivity index (χ0) is 20.3. The lowest BCUT2D eigenvalue weighted by Crippen LogP contribution is -3.06. The molecule has 0 atom stereocenters. The van der Waals surface area contributed by atoms with Crippen molar-refractivity contribution in [2.45, 2.75) is 18.7 Å². The van der Waals surface area contributed by atoms with Crippen molar-refractivity contribution < 1.29 is 14.1 Å². The van der Waals surface area contributed by atoms with Gasteiger partial charge >= 0.3 is 0 Å². The molecule has 1 aromatic heterocycles. The molecule has 148 valence electrons. The van der Waals surface area contributed by atoms with Crippen LogP contribution in [0.2, 0.25) is 0 Å². The molecule has 0 radical (unpaired) electrons. The molecule has 0 aliphatic heterocycles. The number of amides is 1. The smallest absolute Gasteiger partial charge is 0.239 e. The number of fused-ring (bicyclic) bond motifs is 1. The second-order valence-electron chi connectivity index (χ2n) is 7.15. The van der Waals surface area contributed by atoms with Gasteiger partial charge in [-0.15, -0.1) is 11.8 Å². The van der Waals surface area contributed by atoms with Crippen molar-refractivity contribution >= 4 is 44.4 Å². The van der Waals surface area contributed by atoms with Crippen LogP contribution in [0.4, 0.5) is 9.52 Å². The van der Waals surface area contributed by atoms with Crippen molar-refractivity contribution in [2.75, 3.05) is 37.8 Å². The summed E-state index contributed by atoms with van der Waals surface area (Å²) >= 11 is 2.98. The maximum Gasteiger partial charge on any atom is 0.239 e. The number of anilines is 1. The van der Waals surface area contributed by atoms with Crippen LogP contribution in [0.15, 0.2) is 41.3 Å². The molecule has 28 heavy (non-hydrogen) atoms. The maximum absolute atomic E-state index is 13.1. The summed E-state index contributed by atoms with van der Waals surface area (Å²) in [6.07, 6.45) is 0. The highest BCUT2D eigenvalue weighted by atomic mass is 32.2. The van der Waals surface area contributed by atoms with Gasteiger partial charge in [0.25, 0.3) is 0 Å². The number of hydrogen-bond acceptors (Lipinski definition) is 4. The molecule has 2 aromatic carbocycles. The number of thiazole rings is 1. The van der Waals surface area contributed by atoms with Crippen LogP contribution in [0, 0.1) is 19.7 Å². The second kappa shape index (κ2) is 9.03. The van der Waals surface area contributed by atoms with Gasteiger partial charge in [0.1, 0.15) is 5.82 Å². The van der Waals surface area contributed by atoms with Gasteiger partial charge in [-0.25, -0.2) is 9.37 Å². The molecule has 0 aliphatic carbocycles. The molecular formula is C21H25FN3OS2+. The summed E-state index contributed by atoms with van der Waals surface area (Å²) < 4.78 is 14.2. The quantitative estimate of drug-likeness (QED) is 0.598. The minimum absolute atomic E-state index is 0.0167. The fourth-order valence-corrected chi connectivity index (χ4v) is 4.56. The molecule has 4 nitrogen and oxygen atoms in total. The van der Waals surface area contributed by atoms with E-state index in [1.807, 2.05) is 0 Å². The van der Waals surface area contributed by atoms with E-state index in [1.54, 1.807) is 28.4 Å². The van der Waals surface area contributed by atoms with Crippen molar-refractivity contribution in [1.29, 1.82) is 0 Å². The van der Waals surface area contributed by atoms with Crippen LogP contribution < -0.4 is 9.80 Å². The number of thioether (sulfide) groups is 1. The van der Waals surface area contributed by atoms with E-state index < -0.39 is 0 Å². The summed E-state index contributed by atoms with van der Waals surface area (Å²) in [6.45, 7) is 5.61. The minimum atomic E-state index is -0.272. The predicted octanol–water partition coefficient (Wildman–Crippen LogP) is 3.32. The van der Waals surface area contributed by atoms with Gasteiger partial charge in [-0.3, -0.25) is 9.69 Å². The number of rotatable bonds is 7. The Morgan fingerprint density at radius 1 is 1.18 bits per heavy atom. The Morgan fingerprint density at radius 3 is 2.54 bits per heavy atom. The van der Waals surface area contributed by atoms with Gasteiger partial charge in [0.2, 0.25) is 5.91 Å². The summed E-state index contributed by atoms with van der Waals surface area (Å²) in [7, 11) is 4.14. The normalized spacial score (nSPS) is 11.4. The Balaban J connectivity index is 1.81. The maximum atomic E-state index is 13.1. The molecule has 1 heterocycles. The van der Waals surface area contributed by atoms with Crippen LogP contribution >= 0.6 is 23.1 Å². The molecule has 1 amide bonds. The van der Waals surface area contributed by atoms with Gasteiger partial charge in [-0.05, 0) is 61.4 Å². The predicted molar refractivity (Wildman–Crippen MR) is 116 cm³/mol. The van der Waals surface area contributed by atoms with E-state index in [9.17, 15) is 9.18 Å². The Kier molecular flexibility index (Phi) is 6.69. The number of benzene rings is 2. The van der Waals surface area contributed by atoms with E-state index in [2.05, 4.69) is 40.1 Å². The number of nitrogens with zero attached hydrogens (tertiary/aromatic N) is 2. The van der Waals surface area contributed by atoms with E-state index in [-0.39, 0.29) is 11.7 Å². The van der Waals surface area contributed by atoms with Crippen molar-refractivity contribution in [1.82, 2.24) is 4.98 Å². The summed E-state index contributed by atoms with van der Waals surface area (Å²) in [5.41, 5.74) is 3.36. The van der Waals surface area contributed by atoms with Gasteiger partial charge < -0.3 is 4.90 Å². The lowest BCUT2D eigenvalue weighted by atomic mass is 10.1. The lowest BCUT2D eigenvalue weighted by molar-refractivity contribution is -0.856. The molecule has 7 heteroatoms. The van der Waals surface area contributed by atoms with Crippen LogP contribution in [-0.4, -0.2) is 43.8 Å². The first-order valence-corrected chi connectivity index (χ1v) is 11.0. The van der Waals surface area contributed by atoms with Gasteiger partial charge in [0.15, 0.2) is 5.13 Å². The number of carbonyl (C=O) groups excluding carboxylic acids is 1. The van der Waals surface area contributed by atoms with Crippen LogP contribution in [0.25, 0.3) is 10.2 Å². The van der Waals surface area contributed by atoms with E-state index in [4.69, 9.17) is 4.98 Å². The number of quaternary nitrogens is 1. The summed E-state index contributed by atoms with van der Waals surface area (Å²) in [4.78, 5) is 21.7. The lowest BCUT2D eigenvalue weighted by Gasteiger charge is -2.20. The Labute approximate surface area is 173 Å². The fourth-order valence-electron chi connectivity index (χ4n) is 2.70. The Bertz CT molecular complexity index is 931. The number of hydrogen-bond donors (Lipinski definition) is 1. The number of carbonyl (C=O) groups is 1. The van der Waals surface area contributed by atoms with Crippen LogP contribution in [0.5, 0.6) is 0 Å². The summed E-state index contributed by atoms with van der Waals surface area (Å²) in [5, 5.41) is 0.742. The highest BCUT2D eigenvalue weighted by Gasteiger charge is 2.21. The standard InChI is InChI=1S/C21H24FN3OS2/c1-14-11-18-19(12-15(14)2)28-21(23-18)25(10-9-24(3)4)20(26)13-27-17-7-5-16(22)6-8-17/h5-8,11-12H,9-10,13H2,1-4H3/p+1. The third-order valence-corrected chi connectivity index (χ3v) is 6.57. The van der Waals surface area contributed by atoms with E-state index in [1.165, 1.54) is 39.9 Å². The molecule has 0 bridgehead atoms. The zero-order valence-electron chi connectivity index (χ0n) is 16.6. The third-order valence-electron chi connectivity index (χ3n) is 4.54. The molecule has 0 unspecified atom stereocenters. The highest BCUT2D eigenvalue weighted by Crippen LogP contribution is 2.31. The zero-order valence-corrected chi connectivity index (χ0v) is 18.2. The molecule has 0 saturated heterocycles. The van der Waals surface area contributed by atoms with E-state index >= 15 is 0 Å². The first kappa shape index (κ1) is 20.8. The molecule has 0 saturated carbocycles. The Morgan fingerprint density at radius 2 is 1.86 bits per heavy atom. The summed E-state index contributed by atoms with van der Waals surface area (Å²) in [5.74, 6) is 0.0388. The van der Waals surface area contributed by atoms with Crippen molar-refractivity contribution in [3.05, 3.63) is 53.3 Å². The van der Waals surface area contributed by atoms with E-state index in [0.717, 1.165) is 26.8 Å². The average molecular weight is 419 g/mol. The van der Waals surface area contributed by atoms with Gasteiger partial charge in [0, 0.05) is 4.90 Å². The number of aromatic nitrogens is 1. The number of nitrogens with one attached hydrogen (secondary N) is 1. The van der Waals surface area contributed by atoms with Gasteiger partial charge in [-0.2, -0.15) is 0 Å². The first-order chi connectivity index (χ1) is 13.3. The number of halogens is 1. The topological polar surface area (TPSA) is 37.6 Å². The number of likely N-dealkylation sites (N-methyl/N-ethyl adjacent to an activating group) is 1. The average Bonchev–Trinajstić information content (AvgIpc) is 3.03. The second-order valence-corrected chi connectivity index (χ2v) is 9.20. The minimum Gasteiger partial charge on any atom is -0.338 e. The fraction of sp³-hybridized carbons (Fsp3) is 0.333. The molecule has 0 fully saturated rings. The van der Waals surface area contributed by atoms with Crippen LogP contribution in [0.3, 0.4) is 0 Å². The highest BCUT2D eigenvalue weighted by molar-refractivity contribution is 8.00. The number of aryl methyl sites for hydroxylation is 2. The van der Waals surface area contributed by atoms with Crippen molar-refractivity contribution in [2.24, 2.45) is 0 Å². The molecule has 0 aliphatic rings. The van der Waals surface area contributed by atoms with Crippen molar-refractivity contribution in [3.8, 4) is 0 Å². The molecule has 0 spiro atoms. The van der Waals surface area contributed by atoms with Crippen LogP contribution in [0.1, 0.15) is 11.1 Å². The van der Waals surface area contributed by atoms with Gasteiger partial charge in [-0.1, -0.05) is 11.3 Å². The van der Waals surface area contributed by atoms with Gasteiger partial charge in [0.05, 0.1) is 43.2 Å². The molecular weight excluding hydrogens is 393 g/mol. The first-order valence-electron chi connectivity index (χ1n) is 9.19. The SMILES string of the molecule is Cc1cc2nc(N(CC[NH+](C)C)C(=O)CSc3ccc(F)cc3)sc2cc1C. The van der Waals surface area contributed by atoms with E-state index in [0.29, 0.717) is 12.3 Å². The Hall–Kier alpha value is -1.96. The van der Waals surface area contributed by atoms with Crippen molar-refractivity contribution in [3.63, 3.8) is 0 Å². The van der Waals surface area contributed by atoms with Crippen LogP contribution in [-0.2, 0) is 4.79 Å². The molecule has 3 rings (SSSR count). The monoisotopic (exact) mass is 418 g/mol.